The lowest BCUT2D eigenvalue weighted by molar-refractivity contribution is 0.245. The lowest BCUT2D eigenvalue weighted by Crippen LogP contribution is -2.32. The molecular weight excluding hydrogens is 376 g/mol. The van der Waals surface area contributed by atoms with E-state index in [4.69, 9.17) is 14.2 Å². The molecule has 24 heavy (non-hydrogen) atoms. The molecule has 0 aliphatic heterocycles. The molecule has 0 saturated heterocycles. The normalized spacial score (nSPS) is 9.96. The van der Waals surface area contributed by atoms with Crippen LogP contribution in [0.4, 0.5) is 10.5 Å². The molecule has 128 valence electrons. The molecule has 0 aromatic heterocycles. The summed E-state index contributed by atoms with van der Waals surface area (Å²) in [6, 6.07) is 12.5. The first-order chi connectivity index (χ1) is 11.7. The molecule has 0 aliphatic rings. The average Bonchev–Trinajstić information content (AvgIpc) is 2.60. The number of ether oxygens (including phenoxy) is 3. The first-order valence-corrected chi connectivity index (χ1v) is 8.08. The maximum absolute atomic E-state index is 11.9. The van der Waals surface area contributed by atoms with Crippen LogP contribution in [0.3, 0.4) is 0 Å². The van der Waals surface area contributed by atoms with Crippen LogP contribution in [0.1, 0.15) is 0 Å². The maximum atomic E-state index is 11.9. The number of urea groups is 1. The van der Waals surface area contributed by atoms with Gasteiger partial charge in [-0.15, -0.1) is 0 Å². The van der Waals surface area contributed by atoms with Crippen LogP contribution in [0.2, 0.25) is 0 Å². The predicted octanol–water partition coefficient (Wildman–Crippen LogP) is 3.67. The summed E-state index contributed by atoms with van der Waals surface area (Å²) in [7, 11) is 3.11. The predicted molar refractivity (Wildman–Crippen MR) is 96.2 cm³/mol. The van der Waals surface area contributed by atoms with Crippen molar-refractivity contribution in [3.8, 4) is 17.2 Å². The van der Waals surface area contributed by atoms with Crippen molar-refractivity contribution >= 4 is 27.6 Å². The van der Waals surface area contributed by atoms with E-state index in [0.717, 1.165) is 4.47 Å². The Morgan fingerprint density at radius 3 is 2.50 bits per heavy atom. The van der Waals surface area contributed by atoms with E-state index < -0.39 is 0 Å². The molecule has 0 spiro atoms. The van der Waals surface area contributed by atoms with E-state index in [-0.39, 0.29) is 6.03 Å². The number of carbonyl (C=O) groups excluding carboxylic acids is 1. The summed E-state index contributed by atoms with van der Waals surface area (Å²) in [5.74, 6) is 1.68. The second kappa shape index (κ2) is 9.02. The largest absolute Gasteiger partial charge is 0.493 e. The number of para-hydroxylation sites is 2. The SMILES string of the molecule is COc1cccc(OCCNC(=O)Nc2ccccc2Br)c1OC. The number of methoxy groups -OCH3 is 2. The zero-order chi connectivity index (χ0) is 17.4. The van der Waals surface area contributed by atoms with Crippen LogP contribution in [-0.4, -0.2) is 33.4 Å². The molecule has 6 nitrogen and oxygen atoms in total. The minimum atomic E-state index is -0.303. The van der Waals surface area contributed by atoms with E-state index in [0.29, 0.717) is 36.1 Å². The number of nitrogens with one attached hydrogen (secondary N) is 2. The fourth-order valence-electron chi connectivity index (χ4n) is 2.03. The quantitative estimate of drug-likeness (QED) is 0.702. The highest BCUT2D eigenvalue weighted by atomic mass is 79.9. The Morgan fingerprint density at radius 2 is 1.79 bits per heavy atom. The van der Waals surface area contributed by atoms with Crippen LogP contribution >= 0.6 is 15.9 Å². The number of hydrogen-bond donors (Lipinski definition) is 2. The van der Waals surface area contributed by atoms with E-state index in [2.05, 4.69) is 26.6 Å². The van der Waals surface area contributed by atoms with Gasteiger partial charge in [-0.05, 0) is 40.2 Å². The highest BCUT2D eigenvalue weighted by Crippen LogP contribution is 2.36. The molecule has 7 heteroatoms. The fourth-order valence-corrected chi connectivity index (χ4v) is 2.41. The number of anilines is 1. The highest BCUT2D eigenvalue weighted by Gasteiger charge is 2.10. The first-order valence-electron chi connectivity index (χ1n) is 7.29. The Kier molecular flexibility index (Phi) is 6.74. The van der Waals surface area contributed by atoms with Gasteiger partial charge in [0.25, 0.3) is 0 Å². The van der Waals surface area contributed by atoms with Gasteiger partial charge in [0.1, 0.15) is 6.61 Å². The minimum Gasteiger partial charge on any atom is -0.493 e. The van der Waals surface area contributed by atoms with Gasteiger partial charge in [-0.25, -0.2) is 4.79 Å². The van der Waals surface area contributed by atoms with Gasteiger partial charge in [0.2, 0.25) is 5.75 Å². The molecule has 2 amide bonds. The first kappa shape index (κ1) is 17.9. The molecule has 2 N–H and O–H groups in total. The summed E-state index contributed by atoms with van der Waals surface area (Å²) in [5, 5.41) is 5.48. The summed E-state index contributed by atoms with van der Waals surface area (Å²) in [4.78, 5) is 11.9. The lowest BCUT2D eigenvalue weighted by atomic mass is 10.3. The molecule has 2 rings (SSSR count). The van der Waals surface area contributed by atoms with E-state index in [9.17, 15) is 4.79 Å². The third kappa shape index (κ3) is 4.79. The summed E-state index contributed by atoms with van der Waals surface area (Å²) < 4.78 is 16.9. The Bertz CT molecular complexity index is 694. The van der Waals surface area contributed by atoms with Crippen molar-refractivity contribution in [2.75, 3.05) is 32.7 Å². The van der Waals surface area contributed by atoms with Crippen LogP contribution in [0.5, 0.6) is 17.2 Å². The van der Waals surface area contributed by atoms with Gasteiger partial charge in [0.15, 0.2) is 11.5 Å². The molecule has 0 radical (unpaired) electrons. The molecular formula is C17H19BrN2O4. The summed E-state index contributed by atoms with van der Waals surface area (Å²) in [6.07, 6.45) is 0. The molecule has 0 heterocycles. The monoisotopic (exact) mass is 394 g/mol. The number of benzene rings is 2. The smallest absolute Gasteiger partial charge is 0.319 e. The van der Waals surface area contributed by atoms with Crippen molar-refractivity contribution in [2.45, 2.75) is 0 Å². The third-order valence-corrected chi connectivity index (χ3v) is 3.83. The van der Waals surface area contributed by atoms with E-state index >= 15 is 0 Å². The Labute approximate surface area is 149 Å². The fraction of sp³-hybridized carbons (Fsp3) is 0.235. The van der Waals surface area contributed by atoms with Crippen LogP contribution in [-0.2, 0) is 0 Å². The third-order valence-electron chi connectivity index (χ3n) is 3.13. The molecule has 0 bridgehead atoms. The van der Waals surface area contributed by atoms with Crippen LogP contribution in [0, 0.1) is 0 Å². The number of halogens is 1. The number of carbonyl (C=O) groups is 1. The van der Waals surface area contributed by atoms with Crippen molar-refractivity contribution in [3.05, 3.63) is 46.9 Å². The second-order valence-electron chi connectivity index (χ2n) is 4.70. The van der Waals surface area contributed by atoms with Gasteiger partial charge in [0.05, 0.1) is 26.5 Å². The topological polar surface area (TPSA) is 68.8 Å². The molecule has 2 aromatic rings. The van der Waals surface area contributed by atoms with Crippen LogP contribution in [0.15, 0.2) is 46.9 Å². The van der Waals surface area contributed by atoms with Gasteiger partial charge >= 0.3 is 6.03 Å². The van der Waals surface area contributed by atoms with Crippen molar-refractivity contribution in [2.24, 2.45) is 0 Å². The van der Waals surface area contributed by atoms with Crippen molar-refractivity contribution in [1.29, 1.82) is 0 Å². The van der Waals surface area contributed by atoms with Gasteiger partial charge < -0.3 is 24.8 Å². The molecule has 0 atom stereocenters. The molecule has 0 unspecified atom stereocenters. The van der Waals surface area contributed by atoms with Gasteiger partial charge in [0, 0.05) is 4.47 Å². The van der Waals surface area contributed by atoms with Crippen molar-refractivity contribution in [1.82, 2.24) is 5.32 Å². The molecule has 2 aromatic carbocycles. The van der Waals surface area contributed by atoms with Crippen molar-refractivity contribution in [3.63, 3.8) is 0 Å². The van der Waals surface area contributed by atoms with E-state index in [1.165, 1.54) is 0 Å². The van der Waals surface area contributed by atoms with Crippen LogP contribution < -0.4 is 24.8 Å². The zero-order valence-corrected chi connectivity index (χ0v) is 15.1. The van der Waals surface area contributed by atoms with Crippen molar-refractivity contribution < 1.29 is 19.0 Å². The Hall–Kier alpha value is -2.41. The van der Waals surface area contributed by atoms with E-state index in [1.54, 1.807) is 32.4 Å². The molecule has 0 fully saturated rings. The number of hydrogen-bond acceptors (Lipinski definition) is 4. The lowest BCUT2D eigenvalue weighted by Gasteiger charge is -2.14. The standard InChI is InChI=1S/C17H19BrN2O4/c1-22-14-8-5-9-15(16(14)23-2)24-11-10-19-17(21)20-13-7-4-3-6-12(13)18/h3-9H,10-11H2,1-2H3,(H2,19,20,21). The van der Waals surface area contributed by atoms with Crippen LogP contribution in [0.25, 0.3) is 0 Å². The molecule has 0 saturated carbocycles. The minimum absolute atomic E-state index is 0.299. The summed E-state index contributed by atoms with van der Waals surface area (Å²) >= 11 is 3.37. The number of amides is 2. The molecule has 0 aliphatic carbocycles. The summed E-state index contributed by atoms with van der Waals surface area (Å²) in [6.45, 7) is 0.642. The van der Waals surface area contributed by atoms with Gasteiger partial charge in [-0.3, -0.25) is 0 Å². The second-order valence-corrected chi connectivity index (χ2v) is 5.56. The van der Waals surface area contributed by atoms with Gasteiger partial charge in [-0.2, -0.15) is 0 Å². The van der Waals surface area contributed by atoms with E-state index in [1.807, 2.05) is 24.3 Å². The number of rotatable bonds is 7. The Balaban J connectivity index is 1.81. The average molecular weight is 395 g/mol. The Morgan fingerprint density at radius 1 is 1.04 bits per heavy atom. The maximum Gasteiger partial charge on any atom is 0.319 e. The summed E-state index contributed by atoms with van der Waals surface area (Å²) in [5.41, 5.74) is 0.699. The highest BCUT2D eigenvalue weighted by molar-refractivity contribution is 9.10. The van der Waals surface area contributed by atoms with Gasteiger partial charge in [-0.1, -0.05) is 18.2 Å². The zero-order valence-electron chi connectivity index (χ0n) is 13.5.